The summed E-state index contributed by atoms with van der Waals surface area (Å²) in [6.07, 6.45) is 14.2. The van der Waals surface area contributed by atoms with Gasteiger partial charge in [0.05, 0.1) is 5.56 Å². The molecule has 2 atom stereocenters. The van der Waals surface area contributed by atoms with Crippen molar-refractivity contribution < 1.29 is 9.90 Å². The fourth-order valence-corrected chi connectivity index (χ4v) is 5.36. The number of aliphatic hydroxyl groups is 1. The summed E-state index contributed by atoms with van der Waals surface area (Å²) in [5, 5.41) is 10.9. The molecule has 1 aromatic carbocycles. The fourth-order valence-electron chi connectivity index (χ4n) is 4.31. The molecule has 1 aliphatic heterocycles. The molecule has 29 heavy (non-hydrogen) atoms. The molecular formula is C24H37Br2NO2. The van der Waals surface area contributed by atoms with Crippen LogP contribution in [0.3, 0.4) is 0 Å². The van der Waals surface area contributed by atoms with E-state index in [1.54, 1.807) is 4.90 Å². The second-order valence-corrected chi connectivity index (χ2v) is 10.1. The van der Waals surface area contributed by atoms with Crippen molar-refractivity contribution in [2.45, 2.75) is 97.1 Å². The number of nitrogens with zero attached hydrogens (tertiary/aromatic N) is 1. The maximum absolute atomic E-state index is 13.1. The van der Waals surface area contributed by atoms with E-state index in [-0.39, 0.29) is 5.91 Å². The number of benzene rings is 1. The van der Waals surface area contributed by atoms with Crippen molar-refractivity contribution in [3.63, 3.8) is 0 Å². The third-order valence-electron chi connectivity index (χ3n) is 6.06. The number of halogens is 2. The van der Waals surface area contributed by atoms with Crippen molar-refractivity contribution in [1.29, 1.82) is 0 Å². The predicted molar refractivity (Wildman–Crippen MR) is 128 cm³/mol. The van der Waals surface area contributed by atoms with E-state index >= 15 is 0 Å². The van der Waals surface area contributed by atoms with Crippen molar-refractivity contribution in [2.75, 3.05) is 6.54 Å². The molecule has 0 radical (unpaired) electrons. The Hall–Kier alpha value is -0.390. The monoisotopic (exact) mass is 529 g/mol. The summed E-state index contributed by atoms with van der Waals surface area (Å²) in [5.74, 6) is 0.408. The Kier molecular flexibility index (Phi) is 11.2. The van der Waals surface area contributed by atoms with Crippen LogP contribution in [0.15, 0.2) is 21.1 Å². The van der Waals surface area contributed by atoms with E-state index in [0.29, 0.717) is 23.6 Å². The summed E-state index contributed by atoms with van der Waals surface area (Å²) < 4.78 is 1.56. The standard InChI is InChI=1S/C24H37Br2NO2/c1-3-5-7-9-10-12-14-18(13-11-8-6-4-2)17-27-23(28)21-19(25)15-16-20(26)22(21)24(27)29/h15-16,18,23,28H,3-14,17H2,1-2H3. The van der Waals surface area contributed by atoms with Crippen molar-refractivity contribution in [1.82, 2.24) is 4.90 Å². The number of aliphatic hydroxyl groups excluding tert-OH is 1. The molecule has 3 nitrogen and oxygen atoms in total. The highest BCUT2D eigenvalue weighted by Gasteiger charge is 2.39. The van der Waals surface area contributed by atoms with Gasteiger partial charge in [-0.2, -0.15) is 0 Å². The zero-order chi connectivity index (χ0) is 21.2. The summed E-state index contributed by atoms with van der Waals surface area (Å²) in [7, 11) is 0. The van der Waals surface area contributed by atoms with Gasteiger partial charge in [0.1, 0.15) is 0 Å². The molecular weight excluding hydrogens is 494 g/mol. The molecule has 1 aromatic rings. The van der Waals surface area contributed by atoms with Gasteiger partial charge in [0.15, 0.2) is 6.23 Å². The third kappa shape index (κ3) is 7.07. The Balaban J connectivity index is 1.98. The smallest absolute Gasteiger partial charge is 0.257 e. The van der Waals surface area contributed by atoms with Gasteiger partial charge in [-0.1, -0.05) is 94.0 Å². The molecule has 0 spiro atoms. The minimum absolute atomic E-state index is 0.0535. The number of fused-ring (bicyclic) bond motifs is 1. The molecule has 0 bridgehead atoms. The minimum atomic E-state index is -0.855. The van der Waals surface area contributed by atoms with Gasteiger partial charge < -0.3 is 10.0 Å². The Morgan fingerprint density at radius 3 is 2.00 bits per heavy atom. The van der Waals surface area contributed by atoms with Gasteiger partial charge in [-0.25, -0.2) is 0 Å². The van der Waals surface area contributed by atoms with Crippen molar-refractivity contribution in [3.05, 3.63) is 32.2 Å². The Labute approximate surface area is 193 Å². The van der Waals surface area contributed by atoms with Crippen LogP contribution in [0.5, 0.6) is 0 Å². The van der Waals surface area contributed by atoms with Crippen LogP contribution in [0.4, 0.5) is 0 Å². The van der Waals surface area contributed by atoms with Gasteiger partial charge >= 0.3 is 0 Å². The van der Waals surface area contributed by atoms with Crippen LogP contribution in [0.1, 0.15) is 113 Å². The number of carbonyl (C=O) groups is 1. The van der Waals surface area contributed by atoms with Crippen LogP contribution in [0.2, 0.25) is 0 Å². The van der Waals surface area contributed by atoms with Gasteiger partial charge in [-0.3, -0.25) is 4.79 Å². The van der Waals surface area contributed by atoms with Crippen molar-refractivity contribution in [2.24, 2.45) is 5.92 Å². The average Bonchev–Trinajstić information content (AvgIpc) is 2.96. The molecule has 1 N–H and O–H groups in total. The molecule has 0 fully saturated rings. The fraction of sp³-hybridized carbons (Fsp3) is 0.708. The van der Waals surface area contributed by atoms with E-state index in [4.69, 9.17) is 0 Å². The lowest BCUT2D eigenvalue weighted by atomic mass is 9.93. The lowest BCUT2D eigenvalue weighted by Gasteiger charge is -2.27. The summed E-state index contributed by atoms with van der Waals surface area (Å²) in [4.78, 5) is 14.7. The lowest BCUT2D eigenvalue weighted by Crippen LogP contribution is -2.33. The highest BCUT2D eigenvalue weighted by molar-refractivity contribution is 9.11. The van der Waals surface area contributed by atoms with E-state index < -0.39 is 6.23 Å². The van der Waals surface area contributed by atoms with E-state index in [9.17, 15) is 9.90 Å². The van der Waals surface area contributed by atoms with Crippen LogP contribution < -0.4 is 0 Å². The van der Waals surface area contributed by atoms with Crippen molar-refractivity contribution >= 4 is 37.8 Å². The Morgan fingerprint density at radius 2 is 1.41 bits per heavy atom. The Bertz CT molecular complexity index is 650. The molecule has 0 aromatic heterocycles. The molecule has 0 saturated heterocycles. The molecule has 1 aliphatic rings. The van der Waals surface area contributed by atoms with Gasteiger partial charge in [0.2, 0.25) is 0 Å². The second-order valence-electron chi connectivity index (χ2n) is 8.42. The predicted octanol–water partition coefficient (Wildman–Crippen LogP) is 8.00. The van der Waals surface area contributed by atoms with Gasteiger partial charge in [-0.05, 0) is 46.8 Å². The van der Waals surface area contributed by atoms with E-state index in [1.807, 2.05) is 12.1 Å². The normalized spacial score (nSPS) is 17.1. The van der Waals surface area contributed by atoms with Crippen LogP contribution in [-0.2, 0) is 0 Å². The molecule has 0 aliphatic carbocycles. The zero-order valence-electron chi connectivity index (χ0n) is 18.1. The van der Waals surface area contributed by atoms with E-state index in [1.165, 1.54) is 64.2 Å². The van der Waals surface area contributed by atoms with Gasteiger partial charge in [0.25, 0.3) is 5.91 Å². The number of amides is 1. The number of hydrogen-bond acceptors (Lipinski definition) is 2. The first-order valence-electron chi connectivity index (χ1n) is 11.5. The molecule has 164 valence electrons. The number of rotatable bonds is 14. The minimum Gasteiger partial charge on any atom is -0.369 e. The quantitative estimate of drug-likeness (QED) is 0.247. The molecule has 0 saturated carbocycles. The number of hydrogen-bond donors (Lipinski definition) is 1. The van der Waals surface area contributed by atoms with Crippen molar-refractivity contribution in [3.8, 4) is 0 Å². The molecule has 5 heteroatoms. The molecule has 2 unspecified atom stereocenters. The third-order valence-corrected chi connectivity index (χ3v) is 7.41. The maximum atomic E-state index is 13.1. The highest BCUT2D eigenvalue weighted by atomic mass is 79.9. The lowest BCUT2D eigenvalue weighted by molar-refractivity contribution is 0.00886. The van der Waals surface area contributed by atoms with Crippen LogP contribution in [0, 0.1) is 5.92 Å². The maximum Gasteiger partial charge on any atom is 0.257 e. The summed E-state index contributed by atoms with van der Waals surface area (Å²) in [5.41, 5.74) is 1.31. The average molecular weight is 531 g/mol. The highest BCUT2D eigenvalue weighted by Crippen LogP contribution is 2.41. The summed E-state index contributed by atoms with van der Waals surface area (Å²) in [6.45, 7) is 5.13. The SMILES string of the molecule is CCCCCCCCC(CCCCCC)CN1C(=O)c2c(Br)ccc(Br)c2C1O. The van der Waals surface area contributed by atoms with E-state index in [0.717, 1.165) is 21.8 Å². The summed E-state index contributed by atoms with van der Waals surface area (Å²) in [6, 6.07) is 3.76. The number of carbonyl (C=O) groups excluding carboxylic acids is 1. The van der Waals surface area contributed by atoms with Gasteiger partial charge in [0, 0.05) is 21.1 Å². The molecule has 1 amide bonds. The van der Waals surface area contributed by atoms with Crippen LogP contribution in [0.25, 0.3) is 0 Å². The first-order chi connectivity index (χ1) is 14.0. The van der Waals surface area contributed by atoms with Crippen LogP contribution >= 0.6 is 31.9 Å². The first-order valence-corrected chi connectivity index (χ1v) is 13.1. The summed E-state index contributed by atoms with van der Waals surface area (Å²) >= 11 is 7.01. The van der Waals surface area contributed by atoms with Crippen LogP contribution in [-0.4, -0.2) is 22.5 Å². The molecule has 1 heterocycles. The second kappa shape index (κ2) is 13.1. The molecule has 2 rings (SSSR count). The van der Waals surface area contributed by atoms with E-state index in [2.05, 4.69) is 45.7 Å². The topological polar surface area (TPSA) is 40.5 Å². The Morgan fingerprint density at radius 1 is 0.897 bits per heavy atom. The van der Waals surface area contributed by atoms with Gasteiger partial charge in [-0.15, -0.1) is 0 Å². The zero-order valence-corrected chi connectivity index (χ0v) is 21.2. The number of unbranched alkanes of at least 4 members (excludes halogenated alkanes) is 8. The largest absolute Gasteiger partial charge is 0.369 e. The first kappa shape index (κ1) is 24.9.